The van der Waals surface area contributed by atoms with Crippen LogP contribution < -0.4 is 0 Å². The maximum absolute atomic E-state index is 12.6. The van der Waals surface area contributed by atoms with Crippen molar-refractivity contribution in [2.24, 2.45) is 0 Å². The number of pyridine rings is 1. The van der Waals surface area contributed by atoms with Crippen LogP contribution in [0.15, 0.2) is 6.07 Å². The number of aromatic nitrogens is 1. The molecule has 0 saturated heterocycles. The Morgan fingerprint density at radius 1 is 1.65 bits per heavy atom. The van der Waals surface area contributed by atoms with E-state index in [0.717, 1.165) is 6.07 Å². The van der Waals surface area contributed by atoms with Crippen LogP contribution in [-0.4, -0.2) is 21.0 Å². The summed E-state index contributed by atoms with van der Waals surface area (Å²) in [7, 11) is 0. The molecule has 0 amide bonds. The lowest BCUT2D eigenvalue weighted by Gasteiger charge is -2.05. The van der Waals surface area contributed by atoms with E-state index in [1.165, 1.54) is 22.6 Å². The summed E-state index contributed by atoms with van der Waals surface area (Å²) in [6.07, 6.45) is -3.69. The summed E-state index contributed by atoms with van der Waals surface area (Å²) >= 11 is 1.50. The van der Waals surface area contributed by atoms with Crippen molar-refractivity contribution < 1.29 is 23.6 Å². The van der Waals surface area contributed by atoms with Gasteiger partial charge in [0.2, 0.25) is 0 Å². The third-order valence-electron chi connectivity index (χ3n) is 1.75. The number of nitro groups is 1. The smallest absolute Gasteiger partial charge is 0.309 e. The number of nitrogens with zero attached hydrogens (tertiary/aromatic N) is 2. The van der Waals surface area contributed by atoms with Crippen LogP contribution in [0.3, 0.4) is 0 Å². The molecule has 17 heavy (non-hydrogen) atoms. The average Bonchev–Trinajstić information content (AvgIpc) is 2.14. The Morgan fingerprint density at radius 3 is 2.65 bits per heavy atom. The van der Waals surface area contributed by atoms with E-state index in [0.29, 0.717) is 0 Å². The van der Waals surface area contributed by atoms with Gasteiger partial charge in [0.15, 0.2) is 5.69 Å². The van der Waals surface area contributed by atoms with Crippen LogP contribution in [0.4, 0.5) is 14.5 Å². The number of hydrogen-bond donors (Lipinski definition) is 1. The standard InChI is InChI=1S/C8H5F2IN2O4/c9-8(10)6-7(13(16)17)4(11)1-3(12-6)2-5(14)15/h1,8H,2H2,(H,14,15). The fourth-order valence-electron chi connectivity index (χ4n) is 1.16. The van der Waals surface area contributed by atoms with Gasteiger partial charge < -0.3 is 5.11 Å². The molecule has 1 heterocycles. The van der Waals surface area contributed by atoms with Crippen LogP contribution in [0.2, 0.25) is 0 Å². The largest absolute Gasteiger partial charge is 0.481 e. The molecule has 0 fully saturated rings. The SMILES string of the molecule is O=C(O)Cc1cc(I)c([N+](=O)[O-])c(C(F)F)n1. The highest BCUT2D eigenvalue weighted by Gasteiger charge is 2.28. The highest BCUT2D eigenvalue weighted by atomic mass is 127. The van der Waals surface area contributed by atoms with Crippen molar-refractivity contribution in [3.63, 3.8) is 0 Å². The minimum absolute atomic E-state index is 0.0610. The first-order valence-electron chi connectivity index (χ1n) is 4.16. The zero-order valence-electron chi connectivity index (χ0n) is 8.06. The van der Waals surface area contributed by atoms with Gasteiger partial charge in [-0.2, -0.15) is 0 Å². The molecule has 0 aliphatic rings. The van der Waals surface area contributed by atoms with Crippen LogP contribution in [0.25, 0.3) is 0 Å². The molecular formula is C8H5F2IN2O4. The van der Waals surface area contributed by atoms with Crippen molar-refractivity contribution in [1.82, 2.24) is 4.98 Å². The highest BCUT2D eigenvalue weighted by molar-refractivity contribution is 14.1. The lowest BCUT2D eigenvalue weighted by Crippen LogP contribution is -2.08. The summed E-state index contributed by atoms with van der Waals surface area (Å²) in [5.74, 6) is -1.25. The molecule has 1 N–H and O–H groups in total. The van der Waals surface area contributed by atoms with E-state index in [1.54, 1.807) is 0 Å². The van der Waals surface area contributed by atoms with E-state index in [9.17, 15) is 23.7 Å². The van der Waals surface area contributed by atoms with Crippen molar-refractivity contribution in [2.75, 3.05) is 0 Å². The molecule has 92 valence electrons. The van der Waals surface area contributed by atoms with Gasteiger partial charge in [0, 0.05) is 0 Å². The predicted octanol–water partition coefficient (Wildman–Crippen LogP) is 2.16. The lowest BCUT2D eigenvalue weighted by atomic mass is 10.2. The zero-order valence-corrected chi connectivity index (χ0v) is 10.2. The predicted molar refractivity (Wildman–Crippen MR) is 59.9 cm³/mol. The minimum Gasteiger partial charge on any atom is -0.481 e. The molecule has 0 radical (unpaired) electrons. The van der Waals surface area contributed by atoms with Gasteiger partial charge in [-0.1, -0.05) is 0 Å². The molecule has 0 unspecified atom stereocenters. The molecular weight excluding hydrogens is 353 g/mol. The van der Waals surface area contributed by atoms with Crippen molar-refractivity contribution in [3.8, 4) is 0 Å². The molecule has 9 heteroatoms. The third-order valence-corrected chi connectivity index (χ3v) is 2.57. The molecule has 0 saturated carbocycles. The molecule has 0 spiro atoms. The highest BCUT2D eigenvalue weighted by Crippen LogP contribution is 2.31. The van der Waals surface area contributed by atoms with Gasteiger partial charge in [-0.05, 0) is 28.7 Å². The van der Waals surface area contributed by atoms with Crippen molar-refractivity contribution in [2.45, 2.75) is 12.8 Å². The summed E-state index contributed by atoms with van der Waals surface area (Å²) in [6, 6.07) is 1.11. The normalized spacial score (nSPS) is 10.6. The Morgan fingerprint density at radius 2 is 2.24 bits per heavy atom. The number of carbonyl (C=O) groups is 1. The summed E-state index contributed by atoms with van der Waals surface area (Å²) < 4.78 is 25.1. The molecule has 0 aliphatic carbocycles. The minimum atomic E-state index is -3.13. The first kappa shape index (κ1) is 13.7. The topological polar surface area (TPSA) is 93.3 Å². The number of halogens is 3. The van der Waals surface area contributed by atoms with Crippen LogP contribution >= 0.6 is 22.6 Å². The number of aliphatic carboxylic acids is 1. The fourth-order valence-corrected chi connectivity index (χ4v) is 1.99. The molecule has 1 aromatic heterocycles. The Kier molecular flexibility index (Phi) is 4.26. The van der Waals surface area contributed by atoms with Crippen molar-refractivity contribution >= 4 is 34.2 Å². The lowest BCUT2D eigenvalue weighted by molar-refractivity contribution is -0.387. The monoisotopic (exact) mass is 358 g/mol. The van der Waals surface area contributed by atoms with Crippen LogP contribution in [0.1, 0.15) is 17.8 Å². The Hall–Kier alpha value is -1.39. The summed E-state index contributed by atoms with van der Waals surface area (Å²) in [5.41, 5.74) is -1.92. The Bertz CT molecular complexity index is 481. The molecule has 0 aliphatic heterocycles. The summed E-state index contributed by atoms with van der Waals surface area (Å²) in [4.78, 5) is 23.4. The number of rotatable bonds is 4. The maximum Gasteiger partial charge on any atom is 0.309 e. The molecule has 0 bridgehead atoms. The molecule has 1 aromatic rings. The zero-order chi connectivity index (χ0) is 13.2. The second-order valence-corrected chi connectivity index (χ2v) is 4.12. The van der Waals surface area contributed by atoms with E-state index in [-0.39, 0.29) is 9.26 Å². The van der Waals surface area contributed by atoms with Gasteiger partial charge in [-0.25, -0.2) is 13.8 Å². The molecule has 1 rings (SSSR count). The summed E-state index contributed by atoms with van der Waals surface area (Å²) in [6.45, 7) is 0. The first-order chi connectivity index (χ1) is 7.82. The number of hydrogen-bond acceptors (Lipinski definition) is 4. The van der Waals surface area contributed by atoms with Crippen molar-refractivity contribution in [1.29, 1.82) is 0 Å². The van der Waals surface area contributed by atoms with Gasteiger partial charge >= 0.3 is 11.7 Å². The second kappa shape index (κ2) is 5.29. The summed E-state index contributed by atoms with van der Waals surface area (Å²) in [5, 5.41) is 19.1. The number of carboxylic acid groups (broad SMARTS) is 1. The number of carboxylic acids is 1. The van der Waals surface area contributed by atoms with E-state index in [1.807, 2.05) is 0 Å². The average molecular weight is 358 g/mol. The number of alkyl halides is 2. The molecule has 0 atom stereocenters. The van der Waals surface area contributed by atoms with Crippen LogP contribution in [-0.2, 0) is 11.2 Å². The van der Waals surface area contributed by atoms with Gasteiger partial charge in [0.25, 0.3) is 6.43 Å². The second-order valence-electron chi connectivity index (χ2n) is 2.96. The first-order valence-corrected chi connectivity index (χ1v) is 5.24. The van der Waals surface area contributed by atoms with Gasteiger partial charge in [0.1, 0.15) is 0 Å². The van der Waals surface area contributed by atoms with E-state index >= 15 is 0 Å². The third kappa shape index (κ3) is 3.28. The quantitative estimate of drug-likeness (QED) is 0.506. The molecule has 0 aromatic carbocycles. The Balaban J connectivity index is 3.35. The van der Waals surface area contributed by atoms with E-state index < -0.39 is 35.1 Å². The van der Waals surface area contributed by atoms with Gasteiger partial charge in [-0.3, -0.25) is 14.9 Å². The van der Waals surface area contributed by atoms with E-state index in [2.05, 4.69) is 4.98 Å². The fraction of sp³-hybridized carbons (Fsp3) is 0.250. The van der Waals surface area contributed by atoms with E-state index in [4.69, 9.17) is 5.11 Å². The maximum atomic E-state index is 12.6. The van der Waals surface area contributed by atoms with Crippen LogP contribution in [0, 0.1) is 13.7 Å². The van der Waals surface area contributed by atoms with Crippen molar-refractivity contribution in [3.05, 3.63) is 31.1 Å². The van der Waals surface area contributed by atoms with Gasteiger partial charge in [-0.15, -0.1) is 0 Å². The Labute approximate surface area is 107 Å². The van der Waals surface area contributed by atoms with Crippen LogP contribution in [0.5, 0.6) is 0 Å². The van der Waals surface area contributed by atoms with Gasteiger partial charge in [0.05, 0.1) is 20.6 Å². The molecule has 6 nitrogen and oxygen atoms in total.